The summed E-state index contributed by atoms with van der Waals surface area (Å²) in [5, 5.41) is 0. The van der Waals surface area contributed by atoms with Crippen molar-refractivity contribution in [2.75, 3.05) is 31.1 Å². The molecule has 24 heavy (non-hydrogen) atoms. The molecule has 0 unspecified atom stereocenters. The maximum Gasteiger partial charge on any atom is 0.417 e. The molecular weight excluding hydrogens is 306 g/mol. The second kappa shape index (κ2) is 5.08. The number of carbonyl (C=O) groups excluding carboxylic acids is 1. The molecule has 6 heterocycles. The number of piperidine rings is 3. The third-order valence-corrected chi connectivity index (χ3v) is 5.62. The van der Waals surface area contributed by atoms with Crippen LogP contribution < -0.4 is 4.90 Å². The highest BCUT2D eigenvalue weighted by molar-refractivity contribution is 5.89. The van der Waals surface area contributed by atoms with Crippen LogP contribution in [0.2, 0.25) is 0 Å². The molecule has 0 saturated carbocycles. The fourth-order valence-electron chi connectivity index (χ4n) is 4.34. The fraction of sp³-hybridized carbons (Fsp3) is 0.444. The Labute approximate surface area is 140 Å². The van der Waals surface area contributed by atoms with Crippen molar-refractivity contribution in [1.82, 2.24) is 9.88 Å². The molecule has 4 fully saturated rings. The van der Waals surface area contributed by atoms with Crippen molar-refractivity contribution < 1.29 is 13.9 Å². The van der Waals surface area contributed by atoms with Gasteiger partial charge >= 0.3 is 6.09 Å². The summed E-state index contributed by atoms with van der Waals surface area (Å²) in [7, 11) is 0. The molecule has 0 aromatic carbocycles. The van der Waals surface area contributed by atoms with Crippen LogP contribution in [-0.4, -0.2) is 47.8 Å². The number of furan rings is 1. The van der Waals surface area contributed by atoms with Crippen LogP contribution in [0.1, 0.15) is 12.8 Å². The van der Waals surface area contributed by atoms with Crippen LogP contribution in [0, 0.1) is 5.92 Å². The highest BCUT2D eigenvalue weighted by atomic mass is 16.6. The van der Waals surface area contributed by atoms with Crippen LogP contribution in [0.4, 0.5) is 10.7 Å². The Balaban J connectivity index is 1.42. The van der Waals surface area contributed by atoms with Crippen LogP contribution in [0.15, 0.2) is 41.3 Å². The summed E-state index contributed by atoms with van der Waals surface area (Å²) in [4.78, 5) is 20.6. The molecule has 1 amide bonds. The Morgan fingerprint density at radius 3 is 2.62 bits per heavy atom. The Bertz CT molecular complexity index is 767. The van der Waals surface area contributed by atoms with Crippen LogP contribution in [0.3, 0.4) is 0 Å². The lowest BCUT2D eigenvalue weighted by Gasteiger charge is -2.49. The molecule has 6 nitrogen and oxygen atoms in total. The second-order valence-corrected chi connectivity index (χ2v) is 6.98. The quantitative estimate of drug-likeness (QED) is 0.850. The van der Waals surface area contributed by atoms with Gasteiger partial charge in [0.05, 0.1) is 6.54 Å². The van der Waals surface area contributed by atoms with E-state index in [-0.39, 0.29) is 11.7 Å². The van der Waals surface area contributed by atoms with E-state index in [4.69, 9.17) is 9.15 Å². The van der Waals surface area contributed by atoms with Gasteiger partial charge in [-0.1, -0.05) is 0 Å². The van der Waals surface area contributed by atoms with Gasteiger partial charge in [0, 0.05) is 36.5 Å². The average molecular weight is 325 g/mol. The van der Waals surface area contributed by atoms with Gasteiger partial charge in [-0.15, -0.1) is 0 Å². The van der Waals surface area contributed by atoms with Crippen molar-refractivity contribution in [2.45, 2.75) is 18.4 Å². The maximum absolute atomic E-state index is 12.5. The van der Waals surface area contributed by atoms with Crippen molar-refractivity contribution in [1.29, 1.82) is 0 Å². The number of nitrogens with zero attached hydrogens (tertiary/aromatic N) is 3. The number of anilines is 1. The predicted octanol–water partition coefficient (Wildman–Crippen LogP) is 2.76. The first-order valence-corrected chi connectivity index (χ1v) is 8.45. The Morgan fingerprint density at radius 2 is 1.92 bits per heavy atom. The topological polar surface area (TPSA) is 58.8 Å². The van der Waals surface area contributed by atoms with Crippen molar-refractivity contribution in [2.24, 2.45) is 5.92 Å². The van der Waals surface area contributed by atoms with Gasteiger partial charge in [0.15, 0.2) is 0 Å². The molecule has 1 atom stereocenters. The molecule has 2 aromatic heterocycles. The van der Waals surface area contributed by atoms with Crippen molar-refractivity contribution in [3.63, 3.8) is 0 Å². The van der Waals surface area contributed by atoms with Crippen molar-refractivity contribution in [3.8, 4) is 11.1 Å². The first kappa shape index (κ1) is 14.0. The maximum atomic E-state index is 12.5. The van der Waals surface area contributed by atoms with Gasteiger partial charge in [-0.3, -0.25) is 9.88 Å². The van der Waals surface area contributed by atoms with E-state index < -0.39 is 0 Å². The minimum atomic E-state index is -0.364. The van der Waals surface area contributed by atoms with Gasteiger partial charge in [0.2, 0.25) is 5.88 Å². The lowest BCUT2D eigenvalue weighted by Crippen LogP contribution is -2.61. The number of hydrogen-bond donors (Lipinski definition) is 0. The lowest BCUT2D eigenvalue weighted by atomic mass is 9.75. The van der Waals surface area contributed by atoms with Crippen molar-refractivity contribution in [3.05, 3.63) is 36.9 Å². The molecule has 6 rings (SSSR count). The third kappa shape index (κ3) is 2.06. The highest BCUT2D eigenvalue weighted by Gasteiger charge is 2.56. The Kier molecular flexibility index (Phi) is 2.97. The van der Waals surface area contributed by atoms with Gasteiger partial charge in [-0.05, 0) is 43.6 Å². The number of amides is 1. The predicted molar refractivity (Wildman–Crippen MR) is 87.7 cm³/mol. The molecule has 2 aromatic rings. The van der Waals surface area contributed by atoms with Gasteiger partial charge in [0.25, 0.3) is 0 Å². The highest BCUT2D eigenvalue weighted by Crippen LogP contribution is 2.43. The van der Waals surface area contributed by atoms with Gasteiger partial charge < -0.3 is 9.15 Å². The number of fused-ring (bicyclic) bond motifs is 2. The number of carbonyl (C=O) groups is 1. The van der Waals surface area contributed by atoms with E-state index in [0.29, 0.717) is 18.3 Å². The fourth-order valence-corrected chi connectivity index (χ4v) is 4.34. The van der Waals surface area contributed by atoms with Gasteiger partial charge in [-0.25, -0.2) is 9.69 Å². The zero-order valence-corrected chi connectivity index (χ0v) is 13.4. The average Bonchev–Trinajstić information content (AvgIpc) is 3.22. The number of rotatable bonds is 2. The molecule has 4 saturated heterocycles. The molecule has 1 spiro atoms. The minimum Gasteiger partial charge on any atom is -0.448 e. The Morgan fingerprint density at radius 1 is 1.12 bits per heavy atom. The van der Waals surface area contributed by atoms with Crippen LogP contribution >= 0.6 is 0 Å². The number of pyridine rings is 1. The Hall–Kier alpha value is -2.34. The van der Waals surface area contributed by atoms with Crippen molar-refractivity contribution >= 4 is 12.0 Å². The second-order valence-electron chi connectivity index (χ2n) is 6.98. The molecule has 0 aliphatic carbocycles. The summed E-state index contributed by atoms with van der Waals surface area (Å²) < 4.78 is 11.6. The zero-order valence-electron chi connectivity index (χ0n) is 13.4. The van der Waals surface area contributed by atoms with Crippen LogP contribution in [0.5, 0.6) is 0 Å². The smallest absolute Gasteiger partial charge is 0.417 e. The molecule has 2 bridgehead atoms. The summed E-state index contributed by atoms with van der Waals surface area (Å²) in [6, 6.07) is 5.74. The number of aromatic nitrogens is 1. The lowest BCUT2D eigenvalue weighted by molar-refractivity contribution is -0.0881. The van der Waals surface area contributed by atoms with E-state index in [1.807, 2.05) is 18.2 Å². The molecule has 4 aliphatic rings. The molecule has 0 radical (unpaired) electrons. The normalized spacial score (nSPS) is 31.7. The molecule has 6 heteroatoms. The van der Waals surface area contributed by atoms with E-state index in [1.165, 1.54) is 0 Å². The standard InChI is InChI=1S/C18H19N3O3/c22-17-21(12-18(24-17)11-20-7-3-15(18)4-8-20)16-9-14(10-23-16)13-1-5-19-6-2-13/h1-2,5-6,9-10,15H,3-4,7-8,11-12H2/t18-/m1/s1. The molecule has 0 N–H and O–H groups in total. The molecular formula is C18H19N3O3. The first-order chi connectivity index (χ1) is 11.7. The summed E-state index contributed by atoms with van der Waals surface area (Å²) >= 11 is 0. The number of hydrogen-bond acceptors (Lipinski definition) is 5. The van der Waals surface area contributed by atoms with E-state index in [9.17, 15) is 4.79 Å². The van der Waals surface area contributed by atoms with E-state index in [1.54, 1.807) is 23.6 Å². The van der Waals surface area contributed by atoms with E-state index in [0.717, 1.165) is 43.6 Å². The molecule has 124 valence electrons. The van der Waals surface area contributed by atoms with Crippen LogP contribution in [0.25, 0.3) is 11.1 Å². The SMILES string of the molecule is O=C1O[C@]2(CN3CCC2CC3)CN1c1cc(-c2ccncc2)co1. The largest absolute Gasteiger partial charge is 0.448 e. The van der Waals surface area contributed by atoms with E-state index in [2.05, 4.69) is 9.88 Å². The summed E-state index contributed by atoms with van der Waals surface area (Å²) in [6.07, 6.45) is 7.10. The van der Waals surface area contributed by atoms with Crippen LogP contribution in [-0.2, 0) is 4.74 Å². The summed E-state index contributed by atoms with van der Waals surface area (Å²) in [5.74, 6) is 1.02. The summed E-state index contributed by atoms with van der Waals surface area (Å²) in [6.45, 7) is 3.67. The summed E-state index contributed by atoms with van der Waals surface area (Å²) in [5.41, 5.74) is 1.59. The first-order valence-electron chi connectivity index (χ1n) is 8.45. The zero-order chi connectivity index (χ0) is 16.1. The van der Waals surface area contributed by atoms with Gasteiger partial charge in [-0.2, -0.15) is 0 Å². The van der Waals surface area contributed by atoms with Gasteiger partial charge in [0.1, 0.15) is 11.9 Å². The monoisotopic (exact) mass is 325 g/mol. The minimum absolute atomic E-state index is 0.292. The number of ether oxygens (including phenoxy) is 1. The third-order valence-electron chi connectivity index (χ3n) is 5.62. The van der Waals surface area contributed by atoms with E-state index >= 15 is 0 Å². The molecule has 4 aliphatic heterocycles.